The third-order valence-corrected chi connectivity index (χ3v) is 5.94. The van der Waals surface area contributed by atoms with Crippen molar-refractivity contribution in [2.24, 2.45) is 5.73 Å². The van der Waals surface area contributed by atoms with Crippen LogP contribution in [0, 0.1) is 6.92 Å². The lowest BCUT2D eigenvalue weighted by atomic mass is 10.2. The third kappa shape index (κ3) is 3.77. The van der Waals surface area contributed by atoms with E-state index in [1.807, 2.05) is 13.8 Å². The molecule has 0 radical (unpaired) electrons. The Hall–Kier alpha value is 0.0500. The van der Waals surface area contributed by atoms with Gasteiger partial charge in [0.1, 0.15) is 0 Å². The number of rotatable bonds is 5. The van der Waals surface area contributed by atoms with E-state index >= 15 is 0 Å². The van der Waals surface area contributed by atoms with Crippen LogP contribution in [0.15, 0.2) is 26.0 Å². The van der Waals surface area contributed by atoms with Crippen LogP contribution in [-0.4, -0.2) is 21.0 Å². The molecule has 1 unspecified atom stereocenters. The maximum absolute atomic E-state index is 12.2. The Bertz CT molecular complexity index is 528. The van der Waals surface area contributed by atoms with Crippen LogP contribution >= 0.6 is 31.9 Å². The second kappa shape index (κ2) is 6.47. The fourth-order valence-corrected chi connectivity index (χ4v) is 4.42. The highest BCUT2D eigenvalue weighted by molar-refractivity contribution is 9.11. The number of nitrogens with one attached hydrogen (secondary N) is 1. The van der Waals surface area contributed by atoms with Gasteiger partial charge < -0.3 is 5.73 Å². The Balaban J connectivity index is 3.16. The molecule has 3 N–H and O–H groups in total. The largest absolute Gasteiger partial charge is 0.329 e. The Morgan fingerprint density at radius 2 is 1.94 bits per heavy atom. The first-order valence-electron chi connectivity index (χ1n) is 5.49. The molecule has 102 valence electrons. The highest BCUT2D eigenvalue weighted by Crippen LogP contribution is 2.28. The van der Waals surface area contributed by atoms with Crippen LogP contribution < -0.4 is 10.5 Å². The van der Waals surface area contributed by atoms with E-state index in [1.165, 1.54) is 0 Å². The van der Waals surface area contributed by atoms with Gasteiger partial charge in [-0.2, -0.15) is 0 Å². The van der Waals surface area contributed by atoms with Crippen molar-refractivity contribution in [2.45, 2.75) is 31.2 Å². The molecule has 0 spiro atoms. The quantitative estimate of drug-likeness (QED) is 0.798. The molecule has 0 bridgehead atoms. The SMILES string of the molecule is CCC(CN)NS(=O)(=O)c1cc(Br)c(C)cc1Br. The van der Waals surface area contributed by atoms with Crippen molar-refractivity contribution in [3.05, 3.63) is 26.6 Å². The molecule has 1 aromatic rings. The highest BCUT2D eigenvalue weighted by Gasteiger charge is 2.21. The van der Waals surface area contributed by atoms with Crippen molar-refractivity contribution in [3.8, 4) is 0 Å². The van der Waals surface area contributed by atoms with E-state index in [9.17, 15) is 8.42 Å². The zero-order valence-corrected chi connectivity index (χ0v) is 14.2. The molecule has 0 saturated carbocycles. The number of aryl methyl sites for hydroxylation is 1. The van der Waals surface area contributed by atoms with Gasteiger partial charge >= 0.3 is 0 Å². The minimum absolute atomic E-state index is 0.215. The number of hydrogen-bond acceptors (Lipinski definition) is 3. The van der Waals surface area contributed by atoms with Crippen molar-refractivity contribution in [3.63, 3.8) is 0 Å². The summed E-state index contributed by atoms with van der Waals surface area (Å²) in [5, 5.41) is 0. The topological polar surface area (TPSA) is 72.2 Å². The minimum Gasteiger partial charge on any atom is -0.329 e. The van der Waals surface area contributed by atoms with Gasteiger partial charge in [-0.15, -0.1) is 0 Å². The summed E-state index contributed by atoms with van der Waals surface area (Å²) >= 11 is 6.61. The summed E-state index contributed by atoms with van der Waals surface area (Å²) in [6.45, 7) is 4.06. The van der Waals surface area contributed by atoms with Crippen molar-refractivity contribution >= 4 is 41.9 Å². The van der Waals surface area contributed by atoms with Crippen LogP contribution in [-0.2, 0) is 10.0 Å². The number of halogens is 2. The van der Waals surface area contributed by atoms with Gasteiger partial charge in [-0.05, 0) is 47.0 Å². The molecular formula is C11H16Br2N2O2S. The summed E-state index contributed by atoms with van der Waals surface area (Å²) in [5.41, 5.74) is 6.48. The van der Waals surface area contributed by atoms with Crippen LogP contribution in [0.25, 0.3) is 0 Å². The van der Waals surface area contributed by atoms with E-state index in [-0.39, 0.29) is 17.5 Å². The van der Waals surface area contributed by atoms with E-state index in [1.54, 1.807) is 12.1 Å². The molecular weight excluding hydrogens is 384 g/mol. The summed E-state index contributed by atoms with van der Waals surface area (Å²) in [7, 11) is -3.56. The first-order valence-corrected chi connectivity index (χ1v) is 8.56. The van der Waals surface area contributed by atoms with Crippen LogP contribution in [0.2, 0.25) is 0 Å². The van der Waals surface area contributed by atoms with Gasteiger partial charge in [-0.25, -0.2) is 13.1 Å². The molecule has 0 aliphatic heterocycles. The fraction of sp³-hybridized carbons (Fsp3) is 0.455. The number of sulfonamides is 1. The summed E-state index contributed by atoms with van der Waals surface area (Å²) in [6.07, 6.45) is 0.653. The first kappa shape index (κ1) is 16.1. The second-order valence-electron chi connectivity index (χ2n) is 3.99. The van der Waals surface area contributed by atoms with Gasteiger partial charge in [0.15, 0.2) is 0 Å². The van der Waals surface area contributed by atoms with E-state index in [0.29, 0.717) is 10.9 Å². The number of benzene rings is 1. The van der Waals surface area contributed by atoms with Gasteiger partial charge in [0, 0.05) is 21.5 Å². The van der Waals surface area contributed by atoms with Crippen molar-refractivity contribution in [2.75, 3.05) is 6.54 Å². The molecule has 0 amide bonds. The second-order valence-corrected chi connectivity index (χ2v) is 7.39. The summed E-state index contributed by atoms with van der Waals surface area (Å²) < 4.78 is 28.3. The van der Waals surface area contributed by atoms with Crippen molar-refractivity contribution in [1.29, 1.82) is 0 Å². The molecule has 18 heavy (non-hydrogen) atoms. The molecule has 1 rings (SSSR count). The number of nitrogens with two attached hydrogens (primary N) is 1. The zero-order chi connectivity index (χ0) is 13.9. The molecule has 0 aliphatic rings. The lowest BCUT2D eigenvalue weighted by molar-refractivity contribution is 0.542. The fourth-order valence-electron chi connectivity index (χ4n) is 1.41. The van der Waals surface area contributed by atoms with Gasteiger partial charge in [-0.3, -0.25) is 0 Å². The molecule has 0 heterocycles. The third-order valence-electron chi connectivity index (χ3n) is 2.60. The molecule has 0 aromatic heterocycles. The molecule has 0 fully saturated rings. The highest BCUT2D eigenvalue weighted by atomic mass is 79.9. The Morgan fingerprint density at radius 1 is 1.33 bits per heavy atom. The smallest absolute Gasteiger partial charge is 0.242 e. The molecule has 0 saturated heterocycles. The van der Waals surface area contributed by atoms with E-state index < -0.39 is 10.0 Å². The van der Waals surface area contributed by atoms with Crippen molar-refractivity contribution < 1.29 is 8.42 Å². The van der Waals surface area contributed by atoms with E-state index in [4.69, 9.17) is 5.73 Å². The Morgan fingerprint density at radius 3 is 2.44 bits per heavy atom. The van der Waals surface area contributed by atoms with Gasteiger partial charge in [0.05, 0.1) is 4.90 Å². The molecule has 0 aliphatic carbocycles. The minimum atomic E-state index is -3.56. The van der Waals surface area contributed by atoms with E-state index in [0.717, 1.165) is 10.0 Å². The lowest BCUT2D eigenvalue weighted by Gasteiger charge is -2.16. The van der Waals surface area contributed by atoms with Crippen LogP contribution in [0.5, 0.6) is 0 Å². The van der Waals surface area contributed by atoms with Crippen molar-refractivity contribution in [1.82, 2.24) is 4.72 Å². The normalized spacial score (nSPS) is 13.6. The Kier molecular flexibility index (Phi) is 5.79. The first-order chi connectivity index (χ1) is 8.31. The average Bonchev–Trinajstić information content (AvgIpc) is 2.30. The van der Waals surface area contributed by atoms with E-state index in [2.05, 4.69) is 36.6 Å². The standard InChI is InChI=1S/C11H16Br2N2O2S/c1-3-8(6-14)15-18(16,17)11-5-9(12)7(2)4-10(11)13/h4-5,8,15H,3,6,14H2,1-2H3. The molecule has 1 aromatic carbocycles. The average molecular weight is 400 g/mol. The summed E-state index contributed by atoms with van der Waals surface area (Å²) in [4.78, 5) is 0.215. The summed E-state index contributed by atoms with van der Waals surface area (Å²) in [5.74, 6) is 0. The lowest BCUT2D eigenvalue weighted by Crippen LogP contribution is -2.39. The monoisotopic (exact) mass is 398 g/mol. The molecule has 4 nitrogen and oxygen atoms in total. The van der Waals surface area contributed by atoms with Crippen LogP contribution in [0.4, 0.5) is 0 Å². The molecule has 1 atom stereocenters. The predicted octanol–water partition coefficient (Wildman–Crippen LogP) is 2.54. The van der Waals surface area contributed by atoms with Crippen LogP contribution in [0.3, 0.4) is 0 Å². The summed E-state index contributed by atoms with van der Waals surface area (Å²) in [6, 6.07) is 3.11. The maximum Gasteiger partial charge on any atom is 0.242 e. The number of hydrogen-bond donors (Lipinski definition) is 2. The molecule has 7 heteroatoms. The van der Waals surface area contributed by atoms with Gasteiger partial charge in [-0.1, -0.05) is 22.9 Å². The maximum atomic E-state index is 12.2. The predicted molar refractivity (Wildman–Crippen MR) is 80.0 cm³/mol. The Labute approximate surface area is 125 Å². The van der Waals surface area contributed by atoms with Gasteiger partial charge in [0.25, 0.3) is 0 Å². The zero-order valence-electron chi connectivity index (χ0n) is 10.2. The van der Waals surface area contributed by atoms with Gasteiger partial charge in [0.2, 0.25) is 10.0 Å². The van der Waals surface area contributed by atoms with Crippen LogP contribution in [0.1, 0.15) is 18.9 Å².